The molecule has 4 aromatic rings. The van der Waals surface area contributed by atoms with E-state index in [-0.39, 0.29) is 66.8 Å². The Morgan fingerprint density at radius 3 is 2.17 bits per heavy atom. The summed E-state index contributed by atoms with van der Waals surface area (Å²) in [5.41, 5.74) is 2.79. The Kier molecular flexibility index (Phi) is 9.49. The van der Waals surface area contributed by atoms with Crippen LogP contribution in [0.25, 0.3) is 11.1 Å². The summed E-state index contributed by atoms with van der Waals surface area (Å²) >= 11 is 0. The van der Waals surface area contributed by atoms with Gasteiger partial charge in [0, 0.05) is 6.42 Å². The normalized spacial score (nSPS) is 14.1. The number of aromatic carboxylic acids is 1. The molecule has 5 rings (SSSR count). The van der Waals surface area contributed by atoms with Gasteiger partial charge in [-0.3, -0.25) is 9.10 Å². The van der Waals surface area contributed by atoms with Crippen LogP contribution in [-0.4, -0.2) is 44.6 Å². The number of amides is 1. The molecule has 1 aliphatic rings. The van der Waals surface area contributed by atoms with Crippen LogP contribution < -0.4 is 43.9 Å². The molecule has 4 aromatic carbocycles. The quantitative estimate of drug-likeness (QED) is 0.229. The third-order valence-corrected chi connectivity index (χ3v) is 8.42. The van der Waals surface area contributed by atoms with Crippen LogP contribution in [0, 0.1) is 5.82 Å². The average molecular weight is 585 g/mol. The van der Waals surface area contributed by atoms with Crippen LogP contribution in [0.3, 0.4) is 0 Å². The first-order valence-electron chi connectivity index (χ1n) is 12.5. The van der Waals surface area contributed by atoms with Gasteiger partial charge in [0.05, 0.1) is 22.7 Å². The van der Waals surface area contributed by atoms with Crippen molar-refractivity contribution in [3.63, 3.8) is 0 Å². The number of carboxylic acid groups (broad SMARTS) is 1. The van der Waals surface area contributed by atoms with Gasteiger partial charge in [0.15, 0.2) is 0 Å². The first kappa shape index (κ1) is 30.3. The maximum atomic E-state index is 13.8. The Balaban J connectivity index is 0.00000242. The molecule has 0 fully saturated rings. The number of sulfonamides is 1. The van der Waals surface area contributed by atoms with E-state index in [9.17, 15) is 22.4 Å². The Morgan fingerprint density at radius 2 is 1.54 bits per heavy atom. The summed E-state index contributed by atoms with van der Waals surface area (Å²) in [6.07, 6.45) is 0.215. The van der Waals surface area contributed by atoms with E-state index in [2.05, 4.69) is 5.32 Å². The van der Waals surface area contributed by atoms with Crippen LogP contribution in [0.2, 0.25) is 0 Å². The van der Waals surface area contributed by atoms with Crippen molar-refractivity contribution < 1.29 is 63.2 Å². The summed E-state index contributed by atoms with van der Waals surface area (Å²) in [5.74, 6) is -1.42. The SMILES string of the molecule is O=C(O)c1ccc(OCCNC(=O)[C@@H]2Cc3ccccc3N2S(=O)(=O)c2ccc(-c3ccc(F)cc3)cc2)cc1.[H-].[Na+]. The Morgan fingerprint density at radius 1 is 0.927 bits per heavy atom. The van der Waals surface area contributed by atoms with Crippen molar-refractivity contribution in [2.45, 2.75) is 17.4 Å². The minimum Gasteiger partial charge on any atom is -1.00 e. The van der Waals surface area contributed by atoms with Gasteiger partial charge >= 0.3 is 35.5 Å². The fourth-order valence-electron chi connectivity index (χ4n) is 4.58. The van der Waals surface area contributed by atoms with Crippen molar-refractivity contribution in [1.29, 1.82) is 0 Å². The summed E-state index contributed by atoms with van der Waals surface area (Å²) in [4.78, 5) is 24.2. The monoisotopic (exact) mass is 584 g/mol. The molecular weight excluding hydrogens is 558 g/mol. The van der Waals surface area contributed by atoms with Gasteiger partial charge in [-0.2, -0.15) is 0 Å². The molecule has 1 heterocycles. The van der Waals surface area contributed by atoms with Gasteiger partial charge in [-0.05, 0) is 71.3 Å². The van der Waals surface area contributed by atoms with Crippen LogP contribution in [0.4, 0.5) is 10.1 Å². The number of ether oxygens (including phenoxy) is 1. The third kappa shape index (κ3) is 6.62. The number of nitrogens with zero attached hydrogens (tertiary/aromatic N) is 1. The predicted octanol–water partition coefficient (Wildman–Crippen LogP) is 1.62. The number of carbonyl (C=O) groups is 2. The van der Waals surface area contributed by atoms with Crippen LogP contribution in [0.1, 0.15) is 17.3 Å². The number of rotatable bonds is 9. The molecule has 11 heteroatoms. The number of para-hydroxylation sites is 1. The molecule has 1 amide bonds. The molecule has 8 nitrogen and oxygen atoms in total. The number of nitrogens with one attached hydrogen (secondary N) is 1. The molecule has 1 aliphatic heterocycles. The first-order valence-corrected chi connectivity index (χ1v) is 13.9. The standard InChI is InChI=1S/C30H25FN2O6S.Na.H/c31-24-11-5-20(6-12-24)21-9-15-26(16-10-21)40(37,38)33-27-4-2-1-3-23(27)19-28(33)29(34)32-17-18-39-25-13-7-22(8-14-25)30(35)36;;/h1-16,28H,17-19H2,(H,32,34)(H,35,36);;/q;+1;-1/t28-;;/m0../s1. The molecule has 1 atom stereocenters. The second kappa shape index (κ2) is 12.9. The smallest absolute Gasteiger partial charge is 1.00 e. The Bertz CT molecular complexity index is 1650. The van der Waals surface area contributed by atoms with Gasteiger partial charge < -0.3 is 16.6 Å². The zero-order valence-electron chi connectivity index (χ0n) is 23.2. The molecule has 0 aromatic heterocycles. The van der Waals surface area contributed by atoms with E-state index in [0.717, 1.165) is 21.0 Å². The Labute approximate surface area is 260 Å². The number of halogens is 1. The van der Waals surface area contributed by atoms with Gasteiger partial charge in [-0.1, -0.05) is 42.5 Å². The molecule has 2 N–H and O–H groups in total. The van der Waals surface area contributed by atoms with Crippen molar-refractivity contribution in [3.05, 3.63) is 114 Å². The summed E-state index contributed by atoms with van der Waals surface area (Å²) in [5, 5.41) is 11.7. The molecule has 0 aliphatic carbocycles. The number of fused-ring (bicyclic) bond motifs is 1. The van der Waals surface area contributed by atoms with Crippen LogP contribution >= 0.6 is 0 Å². The van der Waals surface area contributed by atoms with Crippen molar-refractivity contribution in [3.8, 4) is 16.9 Å². The molecule has 0 radical (unpaired) electrons. The van der Waals surface area contributed by atoms with Crippen molar-refractivity contribution in [2.24, 2.45) is 0 Å². The summed E-state index contributed by atoms with van der Waals surface area (Å²) in [6, 6.07) is 24.1. The van der Waals surface area contributed by atoms with E-state index in [1.165, 1.54) is 48.5 Å². The second-order valence-electron chi connectivity index (χ2n) is 9.15. The molecule has 0 unspecified atom stereocenters. The number of carbonyl (C=O) groups excluding carboxylic acids is 1. The summed E-state index contributed by atoms with van der Waals surface area (Å²) in [7, 11) is -4.10. The zero-order valence-corrected chi connectivity index (χ0v) is 25.0. The summed E-state index contributed by atoms with van der Waals surface area (Å²) < 4.78 is 47.7. The van der Waals surface area contributed by atoms with E-state index in [1.54, 1.807) is 48.5 Å². The van der Waals surface area contributed by atoms with E-state index in [0.29, 0.717) is 11.4 Å². The minimum absolute atomic E-state index is 0. The van der Waals surface area contributed by atoms with Crippen LogP contribution in [0.5, 0.6) is 5.75 Å². The van der Waals surface area contributed by atoms with Gasteiger partial charge in [0.1, 0.15) is 24.2 Å². The molecule has 0 saturated carbocycles. The number of hydrogen-bond acceptors (Lipinski definition) is 5. The predicted molar refractivity (Wildman–Crippen MR) is 148 cm³/mol. The number of hydrogen-bond donors (Lipinski definition) is 2. The Hall–Kier alpha value is -3.70. The topological polar surface area (TPSA) is 113 Å². The molecule has 41 heavy (non-hydrogen) atoms. The molecule has 0 saturated heterocycles. The molecule has 206 valence electrons. The maximum absolute atomic E-state index is 13.8. The largest absolute Gasteiger partial charge is 1.00 e. The fourth-order valence-corrected chi connectivity index (χ4v) is 6.23. The molecular formula is C30H26FN2NaO6S. The van der Waals surface area contributed by atoms with E-state index < -0.39 is 27.9 Å². The minimum atomic E-state index is -4.10. The van der Waals surface area contributed by atoms with Crippen LogP contribution in [-0.2, 0) is 21.2 Å². The van der Waals surface area contributed by atoms with E-state index in [1.807, 2.05) is 0 Å². The number of anilines is 1. The van der Waals surface area contributed by atoms with Gasteiger partial charge in [-0.15, -0.1) is 0 Å². The van der Waals surface area contributed by atoms with Crippen LogP contribution in [0.15, 0.2) is 102 Å². The number of carboxylic acids is 1. The van der Waals surface area contributed by atoms with Crippen molar-refractivity contribution >= 4 is 27.6 Å². The van der Waals surface area contributed by atoms with E-state index >= 15 is 0 Å². The summed E-state index contributed by atoms with van der Waals surface area (Å²) in [6.45, 7) is 0.224. The van der Waals surface area contributed by atoms with Crippen molar-refractivity contribution in [1.82, 2.24) is 5.32 Å². The molecule has 0 spiro atoms. The molecule has 0 bridgehead atoms. The van der Waals surface area contributed by atoms with E-state index in [4.69, 9.17) is 9.84 Å². The fraction of sp³-hybridized carbons (Fsp3) is 0.133. The number of benzene rings is 4. The average Bonchev–Trinajstić information content (AvgIpc) is 3.37. The third-order valence-electron chi connectivity index (χ3n) is 6.59. The second-order valence-corrected chi connectivity index (χ2v) is 11.0. The van der Waals surface area contributed by atoms with Gasteiger partial charge in [0.25, 0.3) is 10.0 Å². The van der Waals surface area contributed by atoms with Gasteiger partial charge in [0.2, 0.25) is 5.91 Å². The van der Waals surface area contributed by atoms with Crippen molar-refractivity contribution in [2.75, 3.05) is 17.5 Å². The zero-order chi connectivity index (χ0) is 28.3. The maximum Gasteiger partial charge on any atom is 1.00 e. The first-order chi connectivity index (χ1) is 19.2. The van der Waals surface area contributed by atoms with Gasteiger partial charge in [-0.25, -0.2) is 17.6 Å².